The van der Waals surface area contributed by atoms with Gasteiger partial charge in [-0.05, 0) is 44.6 Å². The molecule has 0 aliphatic heterocycles. The van der Waals surface area contributed by atoms with Gasteiger partial charge in [0.05, 0.1) is 6.61 Å². The second kappa shape index (κ2) is 7.90. The third-order valence-corrected chi connectivity index (χ3v) is 4.76. The molecule has 1 heterocycles. The molecule has 5 heteroatoms. The van der Waals surface area contributed by atoms with Crippen molar-refractivity contribution in [3.8, 4) is 0 Å². The predicted molar refractivity (Wildman–Crippen MR) is 82.3 cm³/mol. The molecule has 2 rings (SSSR count). The maximum atomic E-state index is 5.41. The van der Waals surface area contributed by atoms with Gasteiger partial charge in [0.2, 0.25) is 5.89 Å². The van der Waals surface area contributed by atoms with Crippen molar-refractivity contribution in [2.75, 3.05) is 20.8 Å². The molecule has 0 bridgehead atoms. The molecule has 1 unspecified atom stereocenters. The van der Waals surface area contributed by atoms with Crippen molar-refractivity contribution in [3.05, 3.63) is 11.7 Å². The molecule has 21 heavy (non-hydrogen) atoms. The molecule has 0 radical (unpaired) electrons. The van der Waals surface area contributed by atoms with E-state index in [1.54, 1.807) is 7.11 Å². The zero-order valence-corrected chi connectivity index (χ0v) is 13.8. The summed E-state index contributed by atoms with van der Waals surface area (Å²) in [7, 11) is 3.63. The Morgan fingerprint density at radius 3 is 2.57 bits per heavy atom. The van der Waals surface area contributed by atoms with Crippen molar-refractivity contribution in [2.45, 2.75) is 57.9 Å². The zero-order valence-electron chi connectivity index (χ0n) is 13.8. The summed E-state index contributed by atoms with van der Waals surface area (Å²) in [5.41, 5.74) is 0. The molecule has 1 aromatic rings. The van der Waals surface area contributed by atoms with E-state index in [9.17, 15) is 0 Å². The summed E-state index contributed by atoms with van der Waals surface area (Å²) in [5, 5.41) is 7.41. The molecule has 120 valence electrons. The normalized spacial score (nSPS) is 24.4. The van der Waals surface area contributed by atoms with Gasteiger partial charge in [0.1, 0.15) is 0 Å². The van der Waals surface area contributed by atoms with E-state index < -0.39 is 0 Å². The van der Waals surface area contributed by atoms with Gasteiger partial charge in [-0.3, -0.25) is 0 Å². The molecule has 1 N–H and O–H groups in total. The fraction of sp³-hybridized carbons (Fsp3) is 0.875. The molecule has 1 aliphatic carbocycles. The lowest BCUT2D eigenvalue weighted by atomic mass is 9.77. The monoisotopic (exact) mass is 295 g/mol. The third kappa shape index (κ3) is 4.51. The molecule has 1 aliphatic rings. The van der Waals surface area contributed by atoms with Crippen LogP contribution < -0.4 is 5.32 Å². The van der Waals surface area contributed by atoms with Crippen molar-refractivity contribution in [1.29, 1.82) is 0 Å². The Hall–Kier alpha value is -0.940. The first kappa shape index (κ1) is 16.4. The lowest BCUT2D eigenvalue weighted by Gasteiger charge is -2.29. The summed E-state index contributed by atoms with van der Waals surface area (Å²) in [6.07, 6.45) is 5.67. The first-order valence-corrected chi connectivity index (χ1v) is 8.12. The minimum atomic E-state index is 0.222. The summed E-state index contributed by atoms with van der Waals surface area (Å²) in [6, 6.07) is 0.222. The van der Waals surface area contributed by atoms with Gasteiger partial charge in [-0.2, -0.15) is 4.98 Å². The predicted octanol–water partition coefficient (Wildman–Crippen LogP) is 2.78. The van der Waals surface area contributed by atoms with Gasteiger partial charge in [0.15, 0.2) is 5.82 Å². The fourth-order valence-electron chi connectivity index (χ4n) is 3.22. The topological polar surface area (TPSA) is 60.2 Å². The summed E-state index contributed by atoms with van der Waals surface area (Å²) in [5.74, 6) is 3.75. The van der Waals surface area contributed by atoms with Gasteiger partial charge in [-0.15, -0.1) is 0 Å². The first-order chi connectivity index (χ1) is 10.1. The largest absolute Gasteiger partial charge is 0.383 e. The van der Waals surface area contributed by atoms with Crippen LogP contribution in [0, 0.1) is 11.8 Å². The molecule has 1 aromatic heterocycles. The van der Waals surface area contributed by atoms with Crippen LogP contribution in [0.1, 0.15) is 57.2 Å². The van der Waals surface area contributed by atoms with Gasteiger partial charge < -0.3 is 14.6 Å². The number of aromatic nitrogens is 2. The lowest BCUT2D eigenvalue weighted by molar-refractivity contribution is 0.165. The number of methoxy groups -OCH3 is 1. The first-order valence-electron chi connectivity index (χ1n) is 8.12. The fourth-order valence-corrected chi connectivity index (χ4v) is 3.22. The molecule has 1 saturated carbocycles. The Morgan fingerprint density at radius 1 is 1.29 bits per heavy atom. The number of ether oxygens (including phenoxy) is 1. The minimum Gasteiger partial charge on any atom is -0.383 e. The second-order valence-corrected chi connectivity index (χ2v) is 6.55. The number of nitrogens with one attached hydrogen (secondary N) is 1. The maximum absolute atomic E-state index is 5.41. The van der Waals surface area contributed by atoms with Crippen LogP contribution in [0.5, 0.6) is 0 Å². The van der Waals surface area contributed by atoms with E-state index in [0.29, 0.717) is 18.4 Å². The molecular weight excluding hydrogens is 266 g/mol. The van der Waals surface area contributed by atoms with E-state index in [1.807, 2.05) is 7.05 Å². The Kier molecular flexibility index (Phi) is 6.18. The second-order valence-electron chi connectivity index (χ2n) is 6.55. The van der Waals surface area contributed by atoms with Crippen molar-refractivity contribution in [1.82, 2.24) is 15.5 Å². The molecule has 0 saturated heterocycles. The smallest absolute Gasteiger partial charge is 0.228 e. The standard InChI is InChI=1S/C16H29N3O2/c1-11(2)12-5-7-13(8-6-12)16-18-15(21-19-16)9-14(17-3)10-20-4/h11-14,17H,5-10H2,1-4H3. The Morgan fingerprint density at radius 2 is 2.00 bits per heavy atom. The van der Waals surface area contributed by atoms with Crippen molar-refractivity contribution in [2.24, 2.45) is 11.8 Å². The van der Waals surface area contributed by atoms with Crippen LogP contribution in [0.2, 0.25) is 0 Å². The van der Waals surface area contributed by atoms with Crippen LogP contribution >= 0.6 is 0 Å². The van der Waals surface area contributed by atoms with E-state index >= 15 is 0 Å². The van der Waals surface area contributed by atoms with E-state index in [-0.39, 0.29) is 6.04 Å². The molecule has 5 nitrogen and oxygen atoms in total. The van der Waals surface area contributed by atoms with E-state index in [2.05, 4.69) is 29.3 Å². The summed E-state index contributed by atoms with van der Waals surface area (Å²) in [6.45, 7) is 5.30. The van der Waals surface area contributed by atoms with Gasteiger partial charge in [0.25, 0.3) is 0 Å². The van der Waals surface area contributed by atoms with Crippen LogP contribution in [-0.2, 0) is 11.2 Å². The molecule has 0 aromatic carbocycles. The average molecular weight is 295 g/mol. The highest BCUT2D eigenvalue weighted by Crippen LogP contribution is 2.37. The Bertz CT molecular complexity index is 411. The van der Waals surface area contributed by atoms with E-state index in [1.165, 1.54) is 25.7 Å². The maximum Gasteiger partial charge on any atom is 0.228 e. The third-order valence-electron chi connectivity index (χ3n) is 4.76. The summed E-state index contributed by atoms with van der Waals surface area (Å²) in [4.78, 5) is 4.60. The van der Waals surface area contributed by atoms with Crippen LogP contribution in [0.15, 0.2) is 4.52 Å². The quantitative estimate of drug-likeness (QED) is 0.838. The highest BCUT2D eigenvalue weighted by molar-refractivity contribution is 4.99. The van der Waals surface area contributed by atoms with Crippen LogP contribution in [0.4, 0.5) is 0 Å². The van der Waals surface area contributed by atoms with Gasteiger partial charge in [-0.25, -0.2) is 0 Å². The lowest BCUT2D eigenvalue weighted by Crippen LogP contribution is -2.32. The number of rotatable bonds is 7. The van der Waals surface area contributed by atoms with Crippen molar-refractivity contribution < 1.29 is 9.26 Å². The van der Waals surface area contributed by atoms with Crippen molar-refractivity contribution in [3.63, 3.8) is 0 Å². The minimum absolute atomic E-state index is 0.222. The van der Waals surface area contributed by atoms with Crippen molar-refractivity contribution >= 4 is 0 Å². The number of nitrogens with zero attached hydrogens (tertiary/aromatic N) is 2. The molecular formula is C16H29N3O2. The SMILES string of the molecule is CNC(COC)Cc1nc(C2CCC(C(C)C)CC2)no1. The highest BCUT2D eigenvalue weighted by Gasteiger charge is 2.27. The Balaban J connectivity index is 1.88. The highest BCUT2D eigenvalue weighted by atomic mass is 16.5. The van der Waals surface area contributed by atoms with Crippen LogP contribution in [0.3, 0.4) is 0 Å². The number of hydrogen-bond donors (Lipinski definition) is 1. The Labute approximate surface area is 127 Å². The molecule has 1 atom stereocenters. The molecule has 1 fully saturated rings. The number of hydrogen-bond acceptors (Lipinski definition) is 5. The molecule has 0 spiro atoms. The number of likely N-dealkylation sites (N-methyl/N-ethyl adjacent to an activating group) is 1. The van der Waals surface area contributed by atoms with E-state index in [0.717, 1.165) is 24.1 Å². The average Bonchev–Trinajstić information content (AvgIpc) is 2.95. The summed E-state index contributed by atoms with van der Waals surface area (Å²) < 4.78 is 10.6. The summed E-state index contributed by atoms with van der Waals surface area (Å²) >= 11 is 0. The van der Waals surface area contributed by atoms with Crippen LogP contribution in [0.25, 0.3) is 0 Å². The zero-order chi connectivity index (χ0) is 15.2. The molecule has 0 amide bonds. The van der Waals surface area contributed by atoms with Gasteiger partial charge in [-0.1, -0.05) is 19.0 Å². The van der Waals surface area contributed by atoms with Gasteiger partial charge in [0, 0.05) is 25.5 Å². The van der Waals surface area contributed by atoms with Gasteiger partial charge >= 0.3 is 0 Å². The van der Waals surface area contributed by atoms with Crippen LogP contribution in [-0.4, -0.2) is 36.9 Å². The van der Waals surface area contributed by atoms with E-state index in [4.69, 9.17) is 9.26 Å².